The molecular formula is C24H26N2O8. The zero-order chi connectivity index (χ0) is 24.0. The number of phenols is 1. The van der Waals surface area contributed by atoms with Crippen molar-refractivity contribution in [1.82, 2.24) is 4.90 Å². The van der Waals surface area contributed by atoms with E-state index in [1.54, 1.807) is 13.2 Å². The molecule has 3 heterocycles. The molecule has 0 amide bonds. The number of aromatic hydroxyl groups is 1. The molecule has 0 radical (unpaired) electrons. The second-order valence-corrected chi connectivity index (χ2v) is 8.17. The lowest BCUT2D eigenvalue weighted by molar-refractivity contribution is 0.170. The summed E-state index contributed by atoms with van der Waals surface area (Å²) in [5, 5.41) is 25.4. The molecule has 34 heavy (non-hydrogen) atoms. The van der Waals surface area contributed by atoms with E-state index in [1.165, 1.54) is 20.5 Å². The highest BCUT2D eigenvalue weighted by atomic mass is 16.7. The van der Waals surface area contributed by atoms with Gasteiger partial charge in [-0.15, -0.1) is 0 Å². The van der Waals surface area contributed by atoms with Crippen molar-refractivity contribution in [1.29, 1.82) is 0 Å². The Morgan fingerprint density at radius 1 is 1.15 bits per heavy atom. The largest absolute Gasteiger partial charge is 0.504 e. The summed E-state index contributed by atoms with van der Waals surface area (Å²) in [5.41, 5.74) is 2.79. The molecule has 1 atom stereocenters. The first-order valence-electron chi connectivity index (χ1n) is 10.8. The minimum atomic E-state index is -0.241. The van der Waals surface area contributed by atoms with E-state index in [0.29, 0.717) is 34.0 Å². The quantitative estimate of drug-likeness (QED) is 0.316. The SMILES string of the molecule is COc1c2c(cc3c1[C@@H](C/C(=N\O)c1c(O)c(OC)c4occc4c1OC)N(C)CC3)OCO2. The number of phenolic OH excluding ortho intramolecular Hbond substituents is 1. The number of hydrogen-bond acceptors (Lipinski definition) is 10. The zero-order valence-corrected chi connectivity index (χ0v) is 19.4. The van der Waals surface area contributed by atoms with Crippen molar-refractivity contribution in [3.63, 3.8) is 0 Å². The first kappa shape index (κ1) is 22.0. The second kappa shape index (κ2) is 8.53. The van der Waals surface area contributed by atoms with Crippen molar-refractivity contribution in [2.45, 2.75) is 18.9 Å². The maximum absolute atomic E-state index is 11.1. The summed E-state index contributed by atoms with van der Waals surface area (Å²) in [6.07, 6.45) is 2.52. The number of hydrogen-bond donors (Lipinski definition) is 2. The molecule has 2 aliphatic heterocycles. The van der Waals surface area contributed by atoms with Crippen LogP contribution in [0.15, 0.2) is 28.0 Å². The maximum Gasteiger partial charge on any atom is 0.231 e. The van der Waals surface area contributed by atoms with Crippen LogP contribution in [-0.4, -0.2) is 62.6 Å². The van der Waals surface area contributed by atoms with Gasteiger partial charge in [-0.2, -0.15) is 0 Å². The molecule has 0 bridgehead atoms. The Balaban J connectivity index is 1.65. The van der Waals surface area contributed by atoms with Gasteiger partial charge in [0.05, 0.1) is 44.3 Å². The Bertz CT molecular complexity index is 1280. The summed E-state index contributed by atoms with van der Waals surface area (Å²) >= 11 is 0. The van der Waals surface area contributed by atoms with Crippen molar-refractivity contribution in [2.75, 3.05) is 41.7 Å². The van der Waals surface area contributed by atoms with E-state index in [2.05, 4.69) is 10.1 Å². The second-order valence-electron chi connectivity index (χ2n) is 8.17. The van der Waals surface area contributed by atoms with Gasteiger partial charge < -0.3 is 38.4 Å². The first-order valence-corrected chi connectivity index (χ1v) is 10.8. The molecule has 2 N–H and O–H groups in total. The maximum atomic E-state index is 11.1. The van der Waals surface area contributed by atoms with Crippen LogP contribution in [0.2, 0.25) is 0 Å². The molecule has 0 unspecified atom stereocenters. The zero-order valence-electron chi connectivity index (χ0n) is 19.4. The topological polar surface area (TPSA) is 115 Å². The highest BCUT2D eigenvalue weighted by Gasteiger charge is 2.36. The number of fused-ring (bicyclic) bond motifs is 3. The Morgan fingerprint density at radius 2 is 1.91 bits per heavy atom. The molecule has 1 aromatic heterocycles. The lowest BCUT2D eigenvalue weighted by Crippen LogP contribution is -2.34. The lowest BCUT2D eigenvalue weighted by Gasteiger charge is -2.36. The Labute approximate surface area is 195 Å². The number of benzene rings is 2. The van der Waals surface area contributed by atoms with Crippen molar-refractivity contribution in [2.24, 2.45) is 5.16 Å². The highest BCUT2D eigenvalue weighted by Crippen LogP contribution is 2.51. The predicted molar refractivity (Wildman–Crippen MR) is 122 cm³/mol. The number of likely N-dealkylation sites (N-methyl/N-ethyl adjacent to an activating group) is 1. The average molecular weight is 470 g/mol. The molecule has 0 saturated carbocycles. The fourth-order valence-corrected chi connectivity index (χ4v) is 4.96. The highest BCUT2D eigenvalue weighted by molar-refractivity contribution is 6.11. The smallest absolute Gasteiger partial charge is 0.231 e. The molecule has 10 nitrogen and oxygen atoms in total. The number of oxime groups is 1. The summed E-state index contributed by atoms with van der Waals surface area (Å²) < 4.78 is 33.6. The van der Waals surface area contributed by atoms with Crippen molar-refractivity contribution < 1.29 is 38.4 Å². The number of nitrogens with zero attached hydrogens (tertiary/aromatic N) is 2. The predicted octanol–water partition coefficient (Wildman–Crippen LogP) is 3.69. The fourth-order valence-electron chi connectivity index (χ4n) is 4.96. The third kappa shape index (κ3) is 3.17. The van der Waals surface area contributed by atoms with Gasteiger partial charge in [0.2, 0.25) is 18.3 Å². The van der Waals surface area contributed by atoms with Crippen LogP contribution in [0, 0.1) is 0 Å². The standard InChI is InChI=1S/C24H26N2O8/c1-26-7-5-12-9-16-22(34-11-33-16)23(30-3)17(12)15(26)10-14(25-28)18-19(27)24(31-4)21-13(6-8-32-21)20(18)29-2/h6,8-9,15,27-28H,5,7,10-11H2,1-4H3/b25-14+/t15-/m1/s1. The van der Waals surface area contributed by atoms with E-state index in [4.69, 9.17) is 28.1 Å². The monoisotopic (exact) mass is 470 g/mol. The van der Waals surface area contributed by atoms with Gasteiger partial charge in [0, 0.05) is 24.6 Å². The van der Waals surface area contributed by atoms with Crippen LogP contribution in [0.25, 0.3) is 11.0 Å². The van der Waals surface area contributed by atoms with E-state index in [0.717, 1.165) is 24.1 Å². The van der Waals surface area contributed by atoms with Crippen LogP contribution in [0.5, 0.6) is 34.5 Å². The van der Waals surface area contributed by atoms with Crippen molar-refractivity contribution in [3.8, 4) is 34.5 Å². The normalized spacial score (nSPS) is 17.6. The van der Waals surface area contributed by atoms with Gasteiger partial charge in [0.15, 0.2) is 22.8 Å². The summed E-state index contributed by atoms with van der Waals surface area (Å²) in [5.74, 6) is 2.04. The summed E-state index contributed by atoms with van der Waals surface area (Å²) in [6.45, 7) is 0.903. The molecule has 0 saturated heterocycles. The Morgan fingerprint density at radius 3 is 2.62 bits per heavy atom. The van der Waals surface area contributed by atoms with Crippen LogP contribution in [0.1, 0.15) is 29.2 Å². The van der Waals surface area contributed by atoms with Gasteiger partial charge in [0.1, 0.15) is 5.75 Å². The third-order valence-electron chi connectivity index (χ3n) is 6.55. The molecule has 10 heteroatoms. The van der Waals surface area contributed by atoms with Crippen LogP contribution >= 0.6 is 0 Å². The Kier molecular flexibility index (Phi) is 5.52. The van der Waals surface area contributed by atoms with Crippen molar-refractivity contribution >= 4 is 16.7 Å². The van der Waals surface area contributed by atoms with Crippen LogP contribution in [-0.2, 0) is 6.42 Å². The fraction of sp³-hybridized carbons (Fsp3) is 0.375. The van der Waals surface area contributed by atoms with E-state index in [1.807, 2.05) is 13.1 Å². The van der Waals surface area contributed by atoms with Crippen molar-refractivity contribution in [3.05, 3.63) is 35.1 Å². The molecule has 2 aliphatic rings. The van der Waals surface area contributed by atoms with Gasteiger partial charge in [-0.3, -0.25) is 4.90 Å². The summed E-state index contributed by atoms with van der Waals surface area (Å²) in [4.78, 5) is 2.15. The van der Waals surface area contributed by atoms with Gasteiger partial charge in [-0.05, 0) is 31.2 Å². The van der Waals surface area contributed by atoms with Crippen LogP contribution < -0.4 is 23.7 Å². The molecule has 0 spiro atoms. The van der Waals surface area contributed by atoms with Gasteiger partial charge in [-0.25, -0.2) is 0 Å². The van der Waals surface area contributed by atoms with Crippen LogP contribution in [0.3, 0.4) is 0 Å². The molecule has 180 valence electrons. The van der Waals surface area contributed by atoms with E-state index in [9.17, 15) is 10.3 Å². The molecular weight excluding hydrogens is 444 g/mol. The summed E-state index contributed by atoms with van der Waals surface area (Å²) in [6, 6.07) is 3.45. The molecule has 3 aromatic rings. The van der Waals surface area contributed by atoms with Gasteiger partial charge >= 0.3 is 0 Å². The average Bonchev–Trinajstić information content (AvgIpc) is 3.51. The number of ether oxygens (including phenoxy) is 5. The number of rotatable bonds is 6. The molecule has 5 rings (SSSR count). The summed E-state index contributed by atoms with van der Waals surface area (Å²) in [7, 11) is 6.50. The molecule has 0 aliphatic carbocycles. The Hall–Kier alpha value is -3.79. The third-order valence-corrected chi connectivity index (χ3v) is 6.55. The van der Waals surface area contributed by atoms with E-state index in [-0.39, 0.29) is 42.0 Å². The minimum Gasteiger partial charge on any atom is -0.504 e. The molecule has 0 fully saturated rings. The minimum absolute atomic E-state index is 0.133. The number of methoxy groups -OCH3 is 3. The van der Waals surface area contributed by atoms with E-state index < -0.39 is 0 Å². The van der Waals surface area contributed by atoms with Gasteiger partial charge in [-0.1, -0.05) is 5.16 Å². The van der Waals surface area contributed by atoms with E-state index >= 15 is 0 Å². The molecule has 2 aromatic carbocycles. The lowest BCUT2D eigenvalue weighted by atomic mass is 9.86. The van der Waals surface area contributed by atoms with Gasteiger partial charge in [0.25, 0.3) is 0 Å². The van der Waals surface area contributed by atoms with Crippen LogP contribution in [0.4, 0.5) is 0 Å². The number of furan rings is 1. The first-order chi connectivity index (χ1) is 16.5.